The van der Waals surface area contributed by atoms with Gasteiger partial charge in [-0.05, 0) is 49.5 Å². The third-order valence-corrected chi connectivity index (χ3v) is 4.91. The van der Waals surface area contributed by atoms with Gasteiger partial charge in [0.15, 0.2) is 14.9 Å². The van der Waals surface area contributed by atoms with E-state index >= 15 is 0 Å². The normalized spacial score (nSPS) is 17.8. The van der Waals surface area contributed by atoms with Crippen LogP contribution in [0.2, 0.25) is 0 Å². The second-order valence-corrected chi connectivity index (χ2v) is 7.50. The SMILES string of the molecule is CS(=O)(=O)c1[nH]nc2ccc(/C=C/C3CCNCC3)cc12. The number of benzene rings is 1. The van der Waals surface area contributed by atoms with E-state index in [4.69, 9.17) is 0 Å². The number of aromatic nitrogens is 2. The first kappa shape index (κ1) is 14.3. The number of sulfone groups is 1. The number of allylic oxidation sites excluding steroid dienone is 1. The summed E-state index contributed by atoms with van der Waals surface area (Å²) in [5, 5.41) is 10.8. The molecule has 112 valence electrons. The van der Waals surface area contributed by atoms with Crippen LogP contribution in [0.15, 0.2) is 29.3 Å². The molecule has 0 unspecified atom stereocenters. The van der Waals surface area contributed by atoms with Crippen LogP contribution in [0.1, 0.15) is 18.4 Å². The van der Waals surface area contributed by atoms with E-state index in [1.165, 1.54) is 6.26 Å². The van der Waals surface area contributed by atoms with Crippen molar-refractivity contribution in [1.29, 1.82) is 0 Å². The molecule has 0 bridgehead atoms. The first-order valence-corrected chi connectivity index (χ1v) is 9.00. The number of nitrogens with one attached hydrogen (secondary N) is 2. The molecule has 2 N–H and O–H groups in total. The minimum Gasteiger partial charge on any atom is -0.317 e. The number of aromatic amines is 1. The average Bonchev–Trinajstić information content (AvgIpc) is 2.89. The number of rotatable bonds is 3. The molecule has 1 aromatic heterocycles. The maximum Gasteiger partial charge on any atom is 0.192 e. The molecule has 0 atom stereocenters. The summed E-state index contributed by atoms with van der Waals surface area (Å²) in [5.41, 5.74) is 1.68. The molecule has 1 saturated heterocycles. The minimum absolute atomic E-state index is 0.189. The third kappa shape index (κ3) is 3.16. The van der Waals surface area contributed by atoms with E-state index in [2.05, 4.69) is 27.7 Å². The quantitative estimate of drug-likeness (QED) is 0.909. The molecule has 2 heterocycles. The van der Waals surface area contributed by atoms with Gasteiger partial charge in [0, 0.05) is 11.6 Å². The Morgan fingerprint density at radius 2 is 2.05 bits per heavy atom. The molecule has 2 aromatic rings. The highest BCUT2D eigenvalue weighted by Gasteiger charge is 2.15. The topological polar surface area (TPSA) is 74.8 Å². The largest absolute Gasteiger partial charge is 0.317 e. The predicted octanol–water partition coefficient (Wildman–Crippen LogP) is 1.98. The zero-order chi connectivity index (χ0) is 14.9. The fraction of sp³-hybridized carbons (Fsp3) is 0.400. The van der Waals surface area contributed by atoms with E-state index in [1.54, 1.807) is 0 Å². The number of piperidine rings is 1. The van der Waals surface area contributed by atoms with Gasteiger partial charge in [0.1, 0.15) is 0 Å². The summed E-state index contributed by atoms with van der Waals surface area (Å²) in [6.45, 7) is 2.13. The Morgan fingerprint density at radius 3 is 2.76 bits per heavy atom. The summed E-state index contributed by atoms with van der Waals surface area (Å²) in [5.74, 6) is 0.598. The van der Waals surface area contributed by atoms with E-state index in [0.29, 0.717) is 16.8 Å². The molecule has 1 fully saturated rings. The first-order valence-electron chi connectivity index (χ1n) is 7.11. The maximum atomic E-state index is 11.7. The molecule has 0 amide bonds. The molecule has 0 aliphatic carbocycles. The van der Waals surface area contributed by atoms with Crippen molar-refractivity contribution in [3.63, 3.8) is 0 Å². The van der Waals surface area contributed by atoms with Crippen molar-refractivity contribution in [3.05, 3.63) is 29.8 Å². The zero-order valence-electron chi connectivity index (χ0n) is 12.0. The lowest BCUT2D eigenvalue weighted by Crippen LogP contribution is -2.26. The Balaban J connectivity index is 1.91. The van der Waals surface area contributed by atoms with Crippen molar-refractivity contribution in [1.82, 2.24) is 15.5 Å². The zero-order valence-corrected chi connectivity index (χ0v) is 12.8. The van der Waals surface area contributed by atoms with Crippen molar-refractivity contribution in [2.24, 2.45) is 5.92 Å². The van der Waals surface area contributed by atoms with Crippen LogP contribution in [-0.2, 0) is 9.84 Å². The molecule has 3 rings (SSSR count). The van der Waals surface area contributed by atoms with Crippen LogP contribution in [0.5, 0.6) is 0 Å². The van der Waals surface area contributed by atoms with Gasteiger partial charge in [-0.3, -0.25) is 5.10 Å². The van der Waals surface area contributed by atoms with Crippen molar-refractivity contribution in [3.8, 4) is 0 Å². The van der Waals surface area contributed by atoms with Gasteiger partial charge in [-0.25, -0.2) is 8.42 Å². The highest BCUT2D eigenvalue weighted by Crippen LogP contribution is 2.23. The standard InChI is InChI=1S/C15H19N3O2S/c1-21(19,20)15-13-10-12(4-5-14(13)17-18-15)3-2-11-6-8-16-9-7-11/h2-5,10-11,16H,6-9H2,1H3,(H,17,18)/b3-2+. The average molecular weight is 305 g/mol. The second kappa shape index (κ2) is 5.61. The fourth-order valence-corrected chi connectivity index (χ4v) is 3.45. The van der Waals surface area contributed by atoms with Gasteiger partial charge in [0.25, 0.3) is 0 Å². The van der Waals surface area contributed by atoms with Crippen LogP contribution in [0.3, 0.4) is 0 Å². The number of fused-ring (bicyclic) bond motifs is 1. The van der Waals surface area contributed by atoms with Crippen molar-refractivity contribution in [2.45, 2.75) is 17.9 Å². The van der Waals surface area contributed by atoms with Crippen LogP contribution in [-0.4, -0.2) is 38.0 Å². The summed E-state index contributed by atoms with van der Waals surface area (Å²) in [4.78, 5) is 0. The van der Waals surface area contributed by atoms with Crippen LogP contribution in [0, 0.1) is 5.92 Å². The highest BCUT2D eigenvalue weighted by molar-refractivity contribution is 7.90. The monoisotopic (exact) mass is 305 g/mol. The van der Waals surface area contributed by atoms with Gasteiger partial charge in [0.2, 0.25) is 0 Å². The minimum atomic E-state index is -3.29. The summed E-state index contributed by atoms with van der Waals surface area (Å²) in [7, 11) is -3.29. The van der Waals surface area contributed by atoms with Crippen LogP contribution >= 0.6 is 0 Å². The molecule has 1 aliphatic heterocycles. The molecule has 0 saturated carbocycles. The van der Waals surface area contributed by atoms with E-state index in [9.17, 15) is 8.42 Å². The molecular formula is C15H19N3O2S. The lowest BCUT2D eigenvalue weighted by molar-refractivity contribution is 0.438. The van der Waals surface area contributed by atoms with Gasteiger partial charge in [-0.2, -0.15) is 5.10 Å². The summed E-state index contributed by atoms with van der Waals surface area (Å²) in [6.07, 6.45) is 7.80. The van der Waals surface area contributed by atoms with Crippen molar-refractivity contribution >= 4 is 26.8 Å². The lowest BCUT2D eigenvalue weighted by atomic mass is 9.97. The Morgan fingerprint density at radius 1 is 1.29 bits per heavy atom. The fourth-order valence-electron chi connectivity index (χ4n) is 2.67. The van der Waals surface area contributed by atoms with Gasteiger partial charge < -0.3 is 5.32 Å². The van der Waals surface area contributed by atoms with E-state index in [1.807, 2.05) is 18.2 Å². The molecule has 5 nitrogen and oxygen atoms in total. The highest BCUT2D eigenvalue weighted by atomic mass is 32.2. The predicted molar refractivity (Wildman–Crippen MR) is 83.8 cm³/mol. The van der Waals surface area contributed by atoms with Crippen LogP contribution < -0.4 is 5.32 Å². The van der Waals surface area contributed by atoms with E-state index < -0.39 is 9.84 Å². The van der Waals surface area contributed by atoms with Crippen LogP contribution in [0.25, 0.3) is 17.0 Å². The van der Waals surface area contributed by atoms with Crippen molar-refractivity contribution in [2.75, 3.05) is 19.3 Å². The number of H-pyrrole nitrogens is 1. The molecule has 1 aromatic carbocycles. The molecule has 0 radical (unpaired) electrons. The Bertz CT molecular complexity index is 771. The molecule has 0 spiro atoms. The maximum absolute atomic E-state index is 11.7. The number of nitrogens with zero attached hydrogens (tertiary/aromatic N) is 1. The van der Waals surface area contributed by atoms with Gasteiger partial charge >= 0.3 is 0 Å². The Kier molecular flexibility index (Phi) is 3.82. The van der Waals surface area contributed by atoms with Gasteiger partial charge in [-0.15, -0.1) is 0 Å². The van der Waals surface area contributed by atoms with E-state index in [0.717, 1.165) is 31.5 Å². The Labute approximate surface area is 124 Å². The van der Waals surface area contributed by atoms with Gasteiger partial charge in [0.05, 0.1) is 5.52 Å². The van der Waals surface area contributed by atoms with E-state index in [-0.39, 0.29) is 5.03 Å². The summed E-state index contributed by atoms with van der Waals surface area (Å²) >= 11 is 0. The summed E-state index contributed by atoms with van der Waals surface area (Å²) in [6, 6.07) is 5.70. The molecular weight excluding hydrogens is 286 g/mol. The smallest absolute Gasteiger partial charge is 0.192 e. The number of hydrogen-bond acceptors (Lipinski definition) is 4. The van der Waals surface area contributed by atoms with Crippen molar-refractivity contribution < 1.29 is 8.42 Å². The third-order valence-electron chi connectivity index (χ3n) is 3.86. The lowest BCUT2D eigenvalue weighted by Gasteiger charge is -2.19. The molecule has 21 heavy (non-hydrogen) atoms. The van der Waals surface area contributed by atoms with Gasteiger partial charge in [-0.1, -0.05) is 18.2 Å². The Hall–Kier alpha value is -1.66. The number of hydrogen-bond donors (Lipinski definition) is 2. The summed E-state index contributed by atoms with van der Waals surface area (Å²) < 4.78 is 23.5. The second-order valence-electron chi connectivity index (χ2n) is 5.55. The molecule has 6 heteroatoms. The van der Waals surface area contributed by atoms with Crippen LogP contribution in [0.4, 0.5) is 0 Å². The first-order chi connectivity index (χ1) is 10.0. The molecule has 1 aliphatic rings.